The first-order valence-corrected chi connectivity index (χ1v) is 7.65. The summed E-state index contributed by atoms with van der Waals surface area (Å²) in [7, 11) is 0. The Morgan fingerprint density at radius 2 is 2.00 bits per heavy atom. The topological polar surface area (TPSA) is 85.2 Å². The highest BCUT2D eigenvalue weighted by molar-refractivity contribution is 6.31. The lowest BCUT2D eigenvalue weighted by Crippen LogP contribution is -2.18. The number of nitriles is 1. The molecule has 0 aromatic heterocycles. The lowest BCUT2D eigenvalue weighted by Gasteiger charge is -2.06. The maximum atomic E-state index is 12.0. The van der Waals surface area contributed by atoms with Gasteiger partial charge >= 0.3 is 0 Å². The molecule has 24 heavy (non-hydrogen) atoms. The Morgan fingerprint density at radius 3 is 2.67 bits per heavy atom. The van der Waals surface area contributed by atoms with E-state index in [1.165, 1.54) is 6.20 Å². The molecule has 122 valence electrons. The van der Waals surface area contributed by atoms with Gasteiger partial charge in [0.25, 0.3) is 5.91 Å². The number of nitrogens with one attached hydrogen (secondary N) is 2. The number of aromatic hydroxyl groups is 1. The van der Waals surface area contributed by atoms with Gasteiger partial charge in [-0.3, -0.25) is 4.79 Å². The van der Waals surface area contributed by atoms with E-state index in [0.717, 1.165) is 5.56 Å². The highest BCUT2D eigenvalue weighted by atomic mass is 35.5. The molecule has 0 unspecified atom stereocenters. The molecule has 6 heteroatoms. The maximum absolute atomic E-state index is 12.0. The summed E-state index contributed by atoms with van der Waals surface area (Å²) in [4.78, 5) is 12.0. The van der Waals surface area contributed by atoms with E-state index in [-0.39, 0.29) is 11.3 Å². The van der Waals surface area contributed by atoms with Gasteiger partial charge in [-0.2, -0.15) is 5.26 Å². The normalized spacial score (nSPS) is 10.8. The number of halogens is 1. The number of amides is 1. The summed E-state index contributed by atoms with van der Waals surface area (Å²) >= 11 is 5.85. The van der Waals surface area contributed by atoms with Gasteiger partial charge in [0.15, 0.2) is 0 Å². The van der Waals surface area contributed by atoms with Crippen molar-refractivity contribution in [2.45, 2.75) is 6.42 Å². The number of rotatable bonds is 6. The summed E-state index contributed by atoms with van der Waals surface area (Å²) in [6.07, 6.45) is 2.09. The van der Waals surface area contributed by atoms with Gasteiger partial charge in [0.1, 0.15) is 17.4 Å². The Bertz CT molecular complexity index is 780. The van der Waals surface area contributed by atoms with Crippen LogP contribution in [0.3, 0.4) is 0 Å². The van der Waals surface area contributed by atoms with Crippen LogP contribution in [0.1, 0.15) is 5.56 Å². The first-order valence-electron chi connectivity index (χ1n) is 7.27. The summed E-state index contributed by atoms with van der Waals surface area (Å²) in [6, 6.07) is 15.4. The predicted molar refractivity (Wildman–Crippen MR) is 93.6 cm³/mol. The second kappa shape index (κ2) is 8.61. The Hall–Kier alpha value is -2.97. The van der Waals surface area contributed by atoms with Crippen LogP contribution in [-0.2, 0) is 11.2 Å². The van der Waals surface area contributed by atoms with Crippen LogP contribution in [0.25, 0.3) is 0 Å². The molecule has 0 aliphatic carbocycles. The van der Waals surface area contributed by atoms with Crippen LogP contribution in [-0.4, -0.2) is 17.6 Å². The average molecular weight is 342 g/mol. The number of carbonyl (C=O) groups is 1. The molecule has 3 N–H and O–H groups in total. The van der Waals surface area contributed by atoms with Crippen molar-refractivity contribution < 1.29 is 9.90 Å². The molecule has 0 bridgehead atoms. The third-order valence-electron chi connectivity index (χ3n) is 3.19. The van der Waals surface area contributed by atoms with Crippen LogP contribution >= 0.6 is 11.6 Å². The van der Waals surface area contributed by atoms with E-state index >= 15 is 0 Å². The molecular formula is C18H16ClN3O2. The van der Waals surface area contributed by atoms with Gasteiger partial charge in [-0.15, -0.1) is 0 Å². The Labute approximate surface area is 145 Å². The van der Waals surface area contributed by atoms with Crippen LogP contribution in [0.5, 0.6) is 5.75 Å². The van der Waals surface area contributed by atoms with Crippen LogP contribution in [0.4, 0.5) is 5.69 Å². The number of nitrogens with zero attached hydrogens (tertiary/aromatic N) is 1. The zero-order valence-corrected chi connectivity index (χ0v) is 13.5. The molecular weight excluding hydrogens is 326 g/mol. The molecule has 2 aromatic rings. The number of anilines is 1. The molecule has 2 rings (SSSR count). The summed E-state index contributed by atoms with van der Waals surface area (Å²) in [5.74, 6) is -0.284. The van der Waals surface area contributed by atoms with Gasteiger partial charge in [0.05, 0.1) is 0 Å². The minimum Gasteiger partial charge on any atom is -0.508 e. The van der Waals surface area contributed by atoms with Crippen molar-refractivity contribution in [2.75, 3.05) is 11.9 Å². The van der Waals surface area contributed by atoms with Gasteiger partial charge in [-0.05, 0) is 42.3 Å². The number of hydrogen-bond acceptors (Lipinski definition) is 4. The number of benzene rings is 2. The van der Waals surface area contributed by atoms with Crippen LogP contribution < -0.4 is 10.6 Å². The molecule has 0 aliphatic rings. The fourth-order valence-corrected chi connectivity index (χ4v) is 2.16. The van der Waals surface area contributed by atoms with Crippen molar-refractivity contribution in [3.05, 3.63) is 70.9 Å². The standard InChI is InChI=1S/C18H16ClN3O2/c19-15-2-1-3-16(10-15)22-18(24)14(11-20)12-21-9-8-13-4-6-17(23)7-5-13/h1-7,10,12,21,23H,8-9H2,(H,22,24)/b14-12-. The van der Waals surface area contributed by atoms with E-state index in [0.29, 0.717) is 23.7 Å². The minimum atomic E-state index is -0.503. The highest BCUT2D eigenvalue weighted by Crippen LogP contribution is 2.15. The first kappa shape index (κ1) is 17.4. The van der Waals surface area contributed by atoms with Crippen molar-refractivity contribution in [1.29, 1.82) is 5.26 Å². The number of hydrogen-bond donors (Lipinski definition) is 3. The zero-order chi connectivity index (χ0) is 17.4. The molecule has 0 fully saturated rings. The van der Waals surface area contributed by atoms with Gasteiger partial charge in [0, 0.05) is 23.5 Å². The molecule has 0 heterocycles. The van der Waals surface area contributed by atoms with Gasteiger partial charge in [-0.1, -0.05) is 29.8 Å². The van der Waals surface area contributed by atoms with E-state index in [9.17, 15) is 9.90 Å². The van der Waals surface area contributed by atoms with Crippen molar-refractivity contribution >= 4 is 23.2 Å². The Kier molecular flexibility index (Phi) is 6.23. The van der Waals surface area contributed by atoms with Crippen LogP contribution in [0.2, 0.25) is 5.02 Å². The monoisotopic (exact) mass is 341 g/mol. The van der Waals surface area contributed by atoms with Gasteiger partial charge in [-0.25, -0.2) is 0 Å². The Morgan fingerprint density at radius 1 is 1.25 bits per heavy atom. The minimum absolute atomic E-state index is 0.0271. The maximum Gasteiger partial charge on any atom is 0.267 e. The van der Waals surface area contributed by atoms with Crippen molar-refractivity contribution in [1.82, 2.24) is 5.32 Å². The second-order valence-electron chi connectivity index (χ2n) is 5.00. The van der Waals surface area contributed by atoms with Crippen LogP contribution in [0, 0.1) is 11.3 Å². The zero-order valence-electron chi connectivity index (χ0n) is 12.8. The lowest BCUT2D eigenvalue weighted by atomic mass is 10.1. The fraction of sp³-hybridized carbons (Fsp3) is 0.111. The first-order chi connectivity index (χ1) is 11.6. The molecule has 0 saturated heterocycles. The number of phenols is 1. The van der Waals surface area contributed by atoms with Crippen molar-refractivity contribution in [2.24, 2.45) is 0 Å². The molecule has 0 aliphatic heterocycles. The third-order valence-corrected chi connectivity index (χ3v) is 3.42. The third kappa shape index (κ3) is 5.34. The smallest absolute Gasteiger partial charge is 0.267 e. The quantitative estimate of drug-likeness (QED) is 0.428. The van der Waals surface area contributed by atoms with Crippen molar-refractivity contribution in [3.8, 4) is 11.8 Å². The number of phenolic OH excluding ortho intramolecular Hbond substituents is 1. The van der Waals surface area contributed by atoms with Crippen molar-refractivity contribution in [3.63, 3.8) is 0 Å². The number of carbonyl (C=O) groups excluding carboxylic acids is 1. The van der Waals surface area contributed by atoms with Crippen LogP contribution in [0.15, 0.2) is 60.3 Å². The second-order valence-corrected chi connectivity index (χ2v) is 5.44. The van der Waals surface area contributed by atoms with Gasteiger partial charge < -0.3 is 15.7 Å². The molecule has 0 atom stereocenters. The van der Waals surface area contributed by atoms with E-state index < -0.39 is 5.91 Å². The summed E-state index contributed by atoms with van der Waals surface area (Å²) < 4.78 is 0. The predicted octanol–water partition coefficient (Wildman–Crippen LogP) is 3.22. The summed E-state index contributed by atoms with van der Waals surface area (Å²) in [5, 5.41) is 24.4. The lowest BCUT2D eigenvalue weighted by molar-refractivity contribution is -0.112. The molecule has 1 amide bonds. The SMILES string of the molecule is N#C/C(=C/NCCc1ccc(O)cc1)C(=O)Nc1cccc(Cl)c1. The highest BCUT2D eigenvalue weighted by Gasteiger charge is 2.09. The fourth-order valence-electron chi connectivity index (χ4n) is 1.97. The van der Waals surface area contributed by atoms with E-state index in [2.05, 4.69) is 10.6 Å². The molecule has 0 spiro atoms. The van der Waals surface area contributed by atoms with Gasteiger partial charge in [0.2, 0.25) is 0 Å². The Balaban J connectivity index is 1.87. The molecule has 0 radical (unpaired) electrons. The summed E-state index contributed by atoms with van der Waals surface area (Å²) in [5.41, 5.74) is 1.54. The van der Waals surface area contributed by atoms with E-state index in [1.807, 2.05) is 18.2 Å². The molecule has 2 aromatic carbocycles. The molecule has 0 saturated carbocycles. The molecule has 5 nitrogen and oxygen atoms in total. The largest absolute Gasteiger partial charge is 0.508 e. The average Bonchev–Trinajstić information content (AvgIpc) is 2.56. The van der Waals surface area contributed by atoms with E-state index in [4.69, 9.17) is 16.9 Å². The van der Waals surface area contributed by atoms with E-state index in [1.54, 1.807) is 36.4 Å². The summed E-state index contributed by atoms with van der Waals surface area (Å²) in [6.45, 7) is 0.556.